The van der Waals surface area contributed by atoms with E-state index in [0.29, 0.717) is 13.0 Å². The summed E-state index contributed by atoms with van der Waals surface area (Å²) in [4.78, 5) is 23.1. The predicted octanol–water partition coefficient (Wildman–Crippen LogP) is 5.39. The number of aryl methyl sites for hydroxylation is 2. The van der Waals surface area contributed by atoms with Gasteiger partial charge < -0.3 is 9.64 Å². The molecule has 0 aliphatic carbocycles. The van der Waals surface area contributed by atoms with Crippen molar-refractivity contribution >= 4 is 44.4 Å². The molecule has 31 heavy (non-hydrogen) atoms. The SMILES string of the molecule is COc1ccc(SCCCC(=O)N(CCN(C)C)c2nc3c(C)cc(C)cc3s2)cc1. The van der Waals surface area contributed by atoms with Crippen molar-refractivity contribution in [1.82, 2.24) is 9.88 Å². The molecule has 0 unspecified atom stereocenters. The van der Waals surface area contributed by atoms with E-state index in [1.807, 2.05) is 31.1 Å². The number of anilines is 1. The topological polar surface area (TPSA) is 45.7 Å². The van der Waals surface area contributed by atoms with Crippen LogP contribution < -0.4 is 9.64 Å². The summed E-state index contributed by atoms with van der Waals surface area (Å²) in [5, 5.41) is 0.804. The number of thioether (sulfide) groups is 1. The highest BCUT2D eigenvalue weighted by Crippen LogP contribution is 2.32. The first-order valence-electron chi connectivity index (χ1n) is 10.5. The van der Waals surface area contributed by atoms with E-state index in [1.54, 1.807) is 30.2 Å². The minimum atomic E-state index is 0.144. The third kappa shape index (κ3) is 6.45. The Labute approximate surface area is 193 Å². The predicted molar refractivity (Wildman–Crippen MR) is 133 cm³/mol. The molecule has 0 saturated heterocycles. The molecule has 0 aliphatic rings. The Morgan fingerprint density at radius 3 is 2.55 bits per heavy atom. The van der Waals surface area contributed by atoms with Gasteiger partial charge in [-0.05, 0) is 81.6 Å². The van der Waals surface area contributed by atoms with E-state index in [-0.39, 0.29) is 5.91 Å². The van der Waals surface area contributed by atoms with Gasteiger partial charge in [-0.25, -0.2) is 4.98 Å². The molecule has 0 spiro atoms. The van der Waals surface area contributed by atoms with Gasteiger partial charge in [-0.2, -0.15) is 0 Å². The van der Waals surface area contributed by atoms with Crippen LogP contribution in [0.1, 0.15) is 24.0 Å². The van der Waals surface area contributed by atoms with Crippen LogP contribution in [0.15, 0.2) is 41.3 Å². The molecule has 1 amide bonds. The fourth-order valence-corrected chi connectivity index (χ4v) is 5.36. The highest BCUT2D eigenvalue weighted by atomic mass is 32.2. The average molecular weight is 458 g/mol. The smallest absolute Gasteiger partial charge is 0.228 e. The number of carbonyl (C=O) groups excluding carboxylic acids is 1. The zero-order chi connectivity index (χ0) is 22.4. The second-order valence-corrected chi connectivity index (χ2v) is 10.1. The molecule has 5 nitrogen and oxygen atoms in total. The second-order valence-electron chi connectivity index (χ2n) is 7.90. The molecule has 3 rings (SSSR count). The Kier molecular flexibility index (Phi) is 8.35. The Morgan fingerprint density at radius 2 is 1.87 bits per heavy atom. The minimum absolute atomic E-state index is 0.144. The summed E-state index contributed by atoms with van der Waals surface area (Å²) in [5.41, 5.74) is 3.39. The van der Waals surface area contributed by atoms with Crippen molar-refractivity contribution in [3.8, 4) is 5.75 Å². The molecular formula is C24H31N3O2S2. The van der Waals surface area contributed by atoms with Crippen molar-refractivity contribution in [2.24, 2.45) is 0 Å². The molecule has 3 aromatic rings. The summed E-state index contributed by atoms with van der Waals surface area (Å²) in [7, 11) is 5.73. The van der Waals surface area contributed by atoms with E-state index in [9.17, 15) is 4.79 Å². The number of aromatic nitrogens is 1. The van der Waals surface area contributed by atoms with Crippen LogP contribution in [0.2, 0.25) is 0 Å². The van der Waals surface area contributed by atoms with E-state index in [1.165, 1.54) is 10.5 Å². The number of fused-ring (bicyclic) bond motifs is 1. The molecule has 0 radical (unpaired) electrons. The molecule has 0 aliphatic heterocycles. The van der Waals surface area contributed by atoms with Gasteiger partial charge in [-0.15, -0.1) is 11.8 Å². The highest BCUT2D eigenvalue weighted by Gasteiger charge is 2.20. The van der Waals surface area contributed by atoms with Gasteiger partial charge in [0.2, 0.25) is 5.91 Å². The zero-order valence-electron chi connectivity index (χ0n) is 19.0. The van der Waals surface area contributed by atoms with Gasteiger partial charge in [0.25, 0.3) is 0 Å². The van der Waals surface area contributed by atoms with Crippen molar-refractivity contribution in [3.05, 3.63) is 47.5 Å². The molecule has 0 atom stereocenters. The van der Waals surface area contributed by atoms with Gasteiger partial charge in [0.05, 0.1) is 17.3 Å². The van der Waals surface area contributed by atoms with E-state index >= 15 is 0 Å². The van der Waals surface area contributed by atoms with E-state index in [0.717, 1.165) is 45.4 Å². The molecule has 7 heteroatoms. The van der Waals surface area contributed by atoms with E-state index < -0.39 is 0 Å². The molecule has 2 aromatic carbocycles. The van der Waals surface area contributed by atoms with Crippen LogP contribution in [0.4, 0.5) is 5.13 Å². The highest BCUT2D eigenvalue weighted by molar-refractivity contribution is 7.99. The molecule has 0 N–H and O–H groups in total. The van der Waals surface area contributed by atoms with Gasteiger partial charge in [-0.3, -0.25) is 9.69 Å². The lowest BCUT2D eigenvalue weighted by Gasteiger charge is -2.22. The van der Waals surface area contributed by atoms with Gasteiger partial charge in [-0.1, -0.05) is 17.4 Å². The Balaban J connectivity index is 1.65. The molecule has 1 aromatic heterocycles. The number of likely N-dealkylation sites (N-methyl/N-ethyl adjacent to an activating group) is 1. The van der Waals surface area contributed by atoms with E-state index in [2.05, 4.69) is 43.0 Å². The van der Waals surface area contributed by atoms with Crippen molar-refractivity contribution in [2.45, 2.75) is 31.6 Å². The Bertz CT molecular complexity index is 1020. The summed E-state index contributed by atoms with van der Waals surface area (Å²) in [5.74, 6) is 1.90. The van der Waals surface area contributed by atoms with Crippen LogP contribution in [-0.4, -0.2) is 55.8 Å². The first kappa shape index (κ1) is 23.6. The summed E-state index contributed by atoms with van der Waals surface area (Å²) in [6.07, 6.45) is 1.35. The summed E-state index contributed by atoms with van der Waals surface area (Å²) < 4.78 is 6.35. The van der Waals surface area contributed by atoms with Crippen LogP contribution >= 0.6 is 23.1 Å². The molecule has 0 fully saturated rings. The molecule has 0 saturated carbocycles. The number of rotatable bonds is 10. The van der Waals surface area contributed by atoms with Gasteiger partial charge >= 0.3 is 0 Å². The number of hydrogen-bond acceptors (Lipinski definition) is 6. The lowest BCUT2D eigenvalue weighted by atomic mass is 10.1. The molecular weight excluding hydrogens is 426 g/mol. The van der Waals surface area contributed by atoms with Gasteiger partial charge in [0.1, 0.15) is 5.75 Å². The third-order valence-corrected chi connectivity index (χ3v) is 7.11. The Morgan fingerprint density at radius 1 is 1.13 bits per heavy atom. The van der Waals surface area contributed by atoms with Crippen LogP contribution in [0.25, 0.3) is 10.2 Å². The lowest BCUT2D eigenvalue weighted by Crippen LogP contribution is -2.36. The maximum atomic E-state index is 13.1. The quantitative estimate of drug-likeness (QED) is 0.302. The van der Waals surface area contributed by atoms with Crippen LogP contribution in [0, 0.1) is 13.8 Å². The van der Waals surface area contributed by atoms with E-state index in [4.69, 9.17) is 9.72 Å². The zero-order valence-corrected chi connectivity index (χ0v) is 20.6. The first-order valence-corrected chi connectivity index (χ1v) is 12.3. The maximum Gasteiger partial charge on any atom is 0.228 e. The van der Waals surface area contributed by atoms with Crippen molar-refractivity contribution < 1.29 is 9.53 Å². The number of hydrogen-bond donors (Lipinski definition) is 0. The number of ether oxygens (including phenoxy) is 1. The monoisotopic (exact) mass is 457 g/mol. The number of carbonyl (C=O) groups is 1. The number of benzene rings is 2. The summed E-state index contributed by atoms with van der Waals surface area (Å²) in [6, 6.07) is 12.3. The normalized spacial score (nSPS) is 11.3. The van der Waals surface area contributed by atoms with Crippen LogP contribution in [0.5, 0.6) is 5.75 Å². The molecule has 1 heterocycles. The number of methoxy groups -OCH3 is 1. The van der Waals surface area contributed by atoms with Gasteiger partial charge in [0.15, 0.2) is 5.13 Å². The number of thiazole rings is 1. The Hall–Kier alpha value is -2.09. The fourth-order valence-electron chi connectivity index (χ4n) is 3.32. The van der Waals surface area contributed by atoms with Gasteiger partial charge in [0, 0.05) is 24.4 Å². The van der Waals surface area contributed by atoms with Crippen LogP contribution in [0.3, 0.4) is 0 Å². The average Bonchev–Trinajstić information content (AvgIpc) is 3.15. The third-order valence-electron chi connectivity index (χ3n) is 4.98. The largest absolute Gasteiger partial charge is 0.497 e. The second kappa shape index (κ2) is 11.0. The lowest BCUT2D eigenvalue weighted by molar-refractivity contribution is -0.118. The minimum Gasteiger partial charge on any atom is -0.497 e. The first-order chi connectivity index (χ1) is 14.9. The molecule has 0 bridgehead atoms. The number of nitrogens with zero attached hydrogens (tertiary/aromatic N) is 3. The number of amides is 1. The standard InChI is InChI=1S/C24H31N3O2S2/c1-17-15-18(2)23-21(16-17)31-24(25-23)27(13-12-26(3)4)22(28)7-6-14-30-20-10-8-19(29-5)9-11-20/h8-11,15-16H,6-7,12-14H2,1-5H3. The van der Waals surface area contributed by atoms with Crippen molar-refractivity contribution in [1.29, 1.82) is 0 Å². The molecule has 166 valence electrons. The van der Waals surface area contributed by atoms with Crippen molar-refractivity contribution in [2.75, 3.05) is 44.9 Å². The summed E-state index contributed by atoms with van der Waals surface area (Å²) in [6.45, 7) is 5.64. The van der Waals surface area contributed by atoms with Crippen LogP contribution in [-0.2, 0) is 4.79 Å². The van der Waals surface area contributed by atoms with Crippen molar-refractivity contribution in [3.63, 3.8) is 0 Å². The summed E-state index contributed by atoms with van der Waals surface area (Å²) >= 11 is 3.38. The maximum absolute atomic E-state index is 13.1. The fraction of sp³-hybridized carbons (Fsp3) is 0.417.